The third-order valence-electron chi connectivity index (χ3n) is 7.22. The number of alkyl halides is 6. The summed E-state index contributed by atoms with van der Waals surface area (Å²) in [6.07, 6.45) is -4.52. The van der Waals surface area contributed by atoms with Crippen LogP contribution in [0.4, 0.5) is 26.3 Å². The first-order valence-electron chi connectivity index (χ1n) is 12.4. The summed E-state index contributed by atoms with van der Waals surface area (Å²) in [7, 11) is 0. The molecule has 2 fully saturated rings. The van der Waals surface area contributed by atoms with Gasteiger partial charge in [-0.2, -0.15) is 26.3 Å². The summed E-state index contributed by atoms with van der Waals surface area (Å²) in [5.41, 5.74) is -3.69. The van der Waals surface area contributed by atoms with Crippen molar-refractivity contribution in [2.75, 3.05) is 32.7 Å². The van der Waals surface area contributed by atoms with E-state index in [1.54, 1.807) is 0 Å². The number of carbonyl (C=O) groups is 2. The van der Waals surface area contributed by atoms with Crippen molar-refractivity contribution in [3.8, 4) is 0 Å². The number of amides is 2. The fraction of sp³-hybridized carbons (Fsp3) is 0.680. The highest BCUT2D eigenvalue weighted by molar-refractivity contribution is 5.94. The largest absolute Gasteiger partial charge is 0.416 e. The van der Waals surface area contributed by atoms with Gasteiger partial charge in [0, 0.05) is 31.1 Å². The first kappa shape index (κ1) is 28.3. The SMILES string of the molecule is CC1CCC(C(=O)NCCN2CCC(CNC(=O)c3cc(C(F)(F)F)cc(C(F)(F)F)c3)CC2)CC1. The van der Waals surface area contributed by atoms with E-state index in [0.717, 1.165) is 51.6 Å². The Morgan fingerprint density at radius 1 is 0.861 bits per heavy atom. The molecular weight excluding hydrogens is 488 g/mol. The van der Waals surface area contributed by atoms with Gasteiger partial charge in [-0.25, -0.2) is 0 Å². The molecule has 0 bridgehead atoms. The molecule has 36 heavy (non-hydrogen) atoms. The van der Waals surface area contributed by atoms with Gasteiger partial charge in [-0.05, 0) is 81.6 Å². The Morgan fingerprint density at radius 2 is 1.42 bits per heavy atom. The molecule has 2 amide bonds. The van der Waals surface area contributed by atoms with Crippen LogP contribution in [0, 0.1) is 17.8 Å². The zero-order valence-corrected chi connectivity index (χ0v) is 20.3. The number of nitrogens with one attached hydrogen (secondary N) is 2. The number of hydrogen-bond donors (Lipinski definition) is 2. The Labute approximate surface area is 207 Å². The van der Waals surface area contributed by atoms with E-state index in [9.17, 15) is 35.9 Å². The fourth-order valence-corrected chi connectivity index (χ4v) is 4.84. The minimum atomic E-state index is -5.00. The highest BCUT2D eigenvalue weighted by Gasteiger charge is 2.37. The van der Waals surface area contributed by atoms with Crippen LogP contribution in [0.3, 0.4) is 0 Å². The van der Waals surface area contributed by atoms with Gasteiger partial charge in [0.25, 0.3) is 5.91 Å². The average molecular weight is 522 g/mol. The molecule has 0 unspecified atom stereocenters. The first-order valence-corrected chi connectivity index (χ1v) is 12.4. The molecule has 0 radical (unpaired) electrons. The van der Waals surface area contributed by atoms with Crippen molar-refractivity contribution in [2.45, 2.75) is 57.8 Å². The van der Waals surface area contributed by atoms with Gasteiger partial charge < -0.3 is 15.5 Å². The molecule has 1 aliphatic carbocycles. The third kappa shape index (κ3) is 8.11. The maximum atomic E-state index is 13.0. The molecule has 0 aromatic heterocycles. The monoisotopic (exact) mass is 521 g/mol. The molecule has 3 rings (SSSR count). The zero-order valence-electron chi connectivity index (χ0n) is 20.3. The highest BCUT2D eigenvalue weighted by Crippen LogP contribution is 2.36. The second-order valence-electron chi connectivity index (χ2n) is 10.0. The maximum Gasteiger partial charge on any atom is 0.416 e. The van der Waals surface area contributed by atoms with Gasteiger partial charge >= 0.3 is 12.4 Å². The number of benzene rings is 1. The molecule has 0 atom stereocenters. The Kier molecular flexibility index (Phi) is 9.29. The van der Waals surface area contributed by atoms with E-state index in [2.05, 4.69) is 22.5 Å². The molecule has 1 saturated heterocycles. The number of hydrogen-bond acceptors (Lipinski definition) is 3. The van der Waals surface area contributed by atoms with Crippen molar-refractivity contribution in [1.29, 1.82) is 0 Å². The van der Waals surface area contributed by atoms with Gasteiger partial charge in [0.15, 0.2) is 0 Å². The molecule has 202 valence electrons. The topological polar surface area (TPSA) is 61.4 Å². The van der Waals surface area contributed by atoms with Crippen LogP contribution < -0.4 is 10.6 Å². The van der Waals surface area contributed by atoms with Gasteiger partial charge in [0.2, 0.25) is 5.91 Å². The average Bonchev–Trinajstić information content (AvgIpc) is 2.82. The molecule has 5 nitrogen and oxygen atoms in total. The summed E-state index contributed by atoms with van der Waals surface area (Å²) in [4.78, 5) is 26.9. The van der Waals surface area contributed by atoms with Gasteiger partial charge in [0.05, 0.1) is 11.1 Å². The summed E-state index contributed by atoms with van der Waals surface area (Å²) in [5, 5.41) is 5.51. The standard InChI is InChI=1S/C25H33F6N3O2/c1-16-2-4-18(5-3-16)22(35)32-8-11-34-9-6-17(7-10-34)15-33-23(36)19-12-20(24(26,27)28)14-21(13-19)25(29,30)31/h12-14,16-18H,2-11,15H2,1H3,(H,32,35)(H,33,36). The van der Waals surface area contributed by atoms with Crippen LogP contribution in [0.2, 0.25) is 0 Å². The summed E-state index contributed by atoms with van der Waals surface area (Å²) in [6.45, 7) is 5.11. The Hall–Kier alpha value is -2.30. The molecule has 2 N–H and O–H groups in total. The summed E-state index contributed by atoms with van der Waals surface area (Å²) >= 11 is 0. The van der Waals surface area contributed by atoms with Gasteiger partial charge in [0.1, 0.15) is 0 Å². The maximum absolute atomic E-state index is 13.0. The van der Waals surface area contributed by atoms with E-state index in [4.69, 9.17) is 0 Å². The Balaban J connectivity index is 1.42. The van der Waals surface area contributed by atoms with Crippen LogP contribution in [0.15, 0.2) is 18.2 Å². The number of nitrogens with zero attached hydrogens (tertiary/aromatic N) is 1. The van der Waals surface area contributed by atoms with Crippen molar-refractivity contribution in [3.63, 3.8) is 0 Å². The lowest BCUT2D eigenvalue weighted by atomic mass is 9.82. The van der Waals surface area contributed by atoms with Gasteiger partial charge in [-0.3, -0.25) is 9.59 Å². The lowest BCUT2D eigenvalue weighted by Crippen LogP contribution is -2.43. The minimum absolute atomic E-state index is 0.00452. The number of piperidine rings is 1. The van der Waals surface area contributed by atoms with E-state index in [0.29, 0.717) is 31.1 Å². The van der Waals surface area contributed by atoms with E-state index < -0.39 is 35.0 Å². The second kappa shape index (κ2) is 11.8. The van der Waals surface area contributed by atoms with Crippen LogP contribution in [0.5, 0.6) is 0 Å². The molecule has 1 aromatic carbocycles. The van der Waals surface area contributed by atoms with Crippen LogP contribution >= 0.6 is 0 Å². The number of rotatable bonds is 7. The van der Waals surface area contributed by atoms with E-state index in [1.165, 1.54) is 0 Å². The quantitative estimate of drug-likeness (QED) is 0.491. The summed E-state index contributed by atoms with van der Waals surface area (Å²) < 4.78 is 78.2. The van der Waals surface area contributed by atoms with E-state index >= 15 is 0 Å². The van der Waals surface area contributed by atoms with Crippen LogP contribution in [-0.4, -0.2) is 49.4 Å². The van der Waals surface area contributed by atoms with Gasteiger partial charge in [-0.15, -0.1) is 0 Å². The van der Waals surface area contributed by atoms with E-state index in [-0.39, 0.29) is 30.4 Å². The van der Waals surface area contributed by atoms with Crippen LogP contribution in [0.25, 0.3) is 0 Å². The molecule has 1 aromatic rings. The molecule has 1 heterocycles. The number of carbonyl (C=O) groups excluding carboxylic acids is 2. The second-order valence-corrected chi connectivity index (χ2v) is 10.0. The molecule has 0 spiro atoms. The summed E-state index contributed by atoms with van der Waals surface area (Å²) in [6, 6.07) is 0.884. The van der Waals surface area contributed by atoms with Crippen LogP contribution in [0.1, 0.15) is 66.9 Å². The predicted molar refractivity (Wildman–Crippen MR) is 122 cm³/mol. The predicted octanol–water partition coefficient (Wildman–Crippen LogP) is 5.11. The van der Waals surface area contributed by atoms with Crippen molar-refractivity contribution in [1.82, 2.24) is 15.5 Å². The first-order chi connectivity index (χ1) is 16.8. The molecule has 2 aliphatic rings. The van der Waals surface area contributed by atoms with Crippen molar-refractivity contribution >= 4 is 11.8 Å². The summed E-state index contributed by atoms with van der Waals surface area (Å²) in [5.74, 6) is -0.00403. The number of likely N-dealkylation sites (tertiary alicyclic amines) is 1. The normalized spacial score (nSPS) is 22.3. The minimum Gasteiger partial charge on any atom is -0.355 e. The smallest absolute Gasteiger partial charge is 0.355 e. The lowest BCUT2D eigenvalue weighted by molar-refractivity contribution is -0.143. The molecule has 1 saturated carbocycles. The molecule has 11 heteroatoms. The lowest BCUT2D eigenvalue weighted by Gasteiger charge is -2.32. The van der Waals surface area contributed by atoms with Crippen molar-refractivity contribution < 1.29 is 35.9 Å². The van der Waals surface area contributed by atoms with Crippen molar-refractivity contribution in [2.24, 2.45) is 17.8 Å². The highest BCUT2D eigenvalue weighted by atomic mass is 19.4. The zero-order chi connectivity index (χ0) is 26.5. The van der Waals surface area contributed by atoms with Gasteiger partial charge in [-0.1, -0.05) is 6.92 Å². The van der Waals surface area contributed by atoms with Crippen molar-refractivity contribution in [3.05, 3.63) is 34.9 Å². The van der Waals surface area contributed by atoms with E-state index in [1.807, 2.05) is 0 Å². The number of halogens is 6. The fourth-order valence-electron chi connectivity index (χ4n) is 4.84. The Morgan fingerprint density at radius 3 is 1.94 bits per heavy atom. The Bertz CT molecular complexity index is 870. The molecule has 1 aliphatic heterocycles. The third-order valence-corrected chi connectivity index (χ3v) is 7.22. The molecular formula is C25H33F6N3O2. The van der Waals surface area contributed by atoms with Crippen LogP contribution in [-0.2, 0) is 17.1 Å².